The molecule has 15 heavy (non-hydrogen) atoms. The molecule has 0 radical (unpaired) electrons. The van der Waals surface area contributed by atoms with Gasteiger partial charge in [-0.1, -0.05) is 31.5 Å². The SMILES string of the molecule is C=C=O.CCC(C)c1cc(Cl)ccc1C. The summed E-state index contributed by atoms with van der Waals surface area (Å²) in [5.74, 6) is 1.86. The third-order valence-electron chi connectivity index (χ3n) is 2.38. The second-order valence-corrected chi connectivity index (χ2v) is 3.89. The first-order valence-electron chi connectivity index (χ1n) is 4.97. The van der Waals surface area contributed by atoms with Crippen LogP contribution in [0.2, 0.25) is 5.02 Å². The molecule has 1 aromatic rings. The van der Waals surface area contributed by atoms with E-state index in [4.69, 9.17) is 16.4 Å². The summed E-state index contributed by atoms with van der Waals surface area (Å²) in [4.78, 5) is 8.57. The van der Waals surface area contributed by atoms with Gasteiger partial charge in [-0.15, -0.1) is 0 Å². The van der Waals surface area contributed by atoms with Crippen molar-refractivity contribution in [3.05, 3.63) is 40.9 Å². The van der Waals surface area contributed by atoms with Crippen molar-refractivity contribution in [2.75, 3.05) is 0 Å². The van der Waals surface area contributed by atoms with E-state index >= 15 is 0 Å². The normalized spacial score (nSPS) is 10.9. The molecule has 0 N–H and O–H groups in total. The zero-order chi connectivity index (χ0) is 11.8. The molecule has 0 aliphatic rings. The molecule has 0 aliphatic heterocycles. The Morgan fingerprint density at radius 3 is 2.53 bits per heavy atom. The molecular weight excluding hydrogens is 208 g/mol. The third-order valence-corrected chi connectivity index (χ3v) is 2.62. The van der Waals surface area contributed by atoms with Gasteiger partial charge in [-0.3, -0.25) is 0 Å². The molecule has 0 amide bonds. The van der Waals surface area contributed by atoms with Gasteiger partial charge in [-0.25, -0.2) is 4.79 Å². The van der Waals surface area contributed by atoms with Gasteiger partial charge in [0, 0.05) is 5.02 Å². The van der Waals surface area contributed by atoms with E-state index in [9.17, 15) is 0 Å². The summed E-state index contributed by atoms with van der Waals surface area (Å²) in [5, 5.41) is 0.843. The van der Waals surface area contributed by atoms with Crippen molar-refractivity contribution in [3.8, 4) is 0 Å². The van der Waals surface area contributed by atoms with Crippen LogP contribution in [0.4, 0.5) is 0 Å². The van der Waals surface area contributed by atoms with Crippen molar-refractivity contribution in [2.24, 2.45) is 0 Å². The average molecular weight is 225 g/mol. The third kappa shape index (κ3) is 4.83. The van der Waals surface area contributed by atoms with E-state index in [1.807, 2.05) is 6.07 Å². The molecule has 2 heteroatoms. The molecule has 1 rings (SSSR count). The van der Waals surface area contributed by atoms with Crippen LogP contribution in [0.15, 0.2) is 24.8 Å². The maximum absolute atomic E-state index is 8.57. The maximum Gasteiger partial charge on any atom is 0.116 e. The zero-order valence-corrected chi connectivity index (χ0v) is 10.3. The molecule has 0 spiro atoms. The van der Waals surface area contributed by atoms with Crippen LogP contribution in [0.25, 0.3) is 0 Å². The van der Waals surface area contributed by atoms with Gasteiger partial charge in [0.2, 0.25) is 0 Å². The minimum absolute atomic E-state index is 0.615. The van der Waals surface area contributed by atoms with E-state index in [2.05, 4.69) is 39.5 Å². The molecular formula is C13H17ClO. The smallest absolute Gasteiger partial charge is 0.116 e. The monoisotopic (exact) mass is 224 g/mol. The van der Waals surface area contributed by atoms with Crippen LogP contribution < -0.4 is 0 Å². The van der Waals surface area contributed by atoms with E-state index in [0.717, 1.165) is 5.02 Å². The fraction of sp³-hybridized carbons (Fsp3) is 0.385. The molecule has 0 aromatic heterocycles. The van der Waals surface area contributed by atoms with Crippen molar-refractivity contribution in [2.45, 2.75) is 33.1 Å². The van der Waals surface area contributed by atoms with Crippen LogP contribution >= 0.6 is 11.6 Å². The van der Waals surface area contributed by atoms with E-state index in [-0.39, 0.29) is 0 Å². The number of benzene rings is 1. The summed E-state index contributed by atoms with van der Waals surface area (Å²) in [6, 6.07) is 6.11. The average Bonchev–Trinajstić information content (AvgIpc) is 2.22. The van der Waals surface area contributed by atoms with Crippen LogP contribution in [0.5, 0.6) is 0 Å². The predicted octanol–water partition coefficient (Wildman–Crippen LogP) is 4.17. The summed E-state index contributed by atoms with van der Waals surface area (Å²) >= 11 is 5.92. The van der Waals surface area contributed by atoms with Gasteiger partial charge < -0.3 is 0 Å². The predicted molar refractivity (Wildman–Crippen MR) is 66.2 cm³/mol. The Balaban J connectivity index is 0.000000583. The lowest BCUT2D eigenvalue weighted by Gasteiger charge is -2.12. The highest BCUT2D eigenvalue weighted by atomic mass is 35.5. The summed E-state index contributed by atoms with van der Waals surface area (Å²) < 4.78 is 0. The van der Waals surface area contributed by atoms with Gasteiger partial charge >= 0.3 is 0 Å². The summed E-state index contributed by atoms with van der Waals surface area (Å²) in [5.41, 5.74) is 2.72. The van der Waals surface area contributed by atoms with Gasteiger partial charge in [-0.2, -0.15) is 0 Å². The molecule has 0 fully saturated rings. The van der Waals surface area contributed by atoms with Crippen LogP contribution in [0, 0.1) is 6.92 Å². The number of hydrogen-bond acceptors (Lipinski definition) is 1. The first kappa shape index (κ1) is 14.0. The molecule has 0 saturated carbocycles. The van der Waals surface area contributed by atoms with Crippen molar-refractivity contribution < 1.29 is 4.79 Å². The lowest BCUT2D eigenvalue weighted by atomic mass is 9.95. The van der Waals surface area contributed by atoms with Crippen LogP contribution in [-0.4, -0.2) is 5.94 Å². The lowest BCUT2D eigenvalue weighted by Crippen LogP contribution is -1.94. The Hall–Kier alpha value is -1.04. The number of carbonyl (C=O) groups excluding carboxylic acids is 1. The Morgan fingerprint density at radius 1 is 1.53 bits per heavy atom. The number of aryl methyl sites for hydroxylation is 1. The topological polar surface area (TPSA) is 17.1 Å². The molecule has 1 atom stereocenters. The molecule has 0 aliphatic carbocycles. The second kappa shape index (κ2) is 7.28. The van der Waals surface area contributed by atoms with E-state index < -0.39 is 0 Å². The van der Waals surface area contributed by atoms with Gasteiger partial charge in [0.15, 0.2) is 0 Å². The number of rotatable bonds is 2. The molecule has 0 bridgehead atoms. The van der Waals surface area contributed by atoms with E-state index in [1.165, 1.54) is 23.5 Å². The molecule has 0 heterocycles. The van der Waals surface area contributed by atoms with Crippen molar-refractivity contribution in [1.82, 2.24) is 0 Å². The first-order valence-corrected chi connectivity index (χ1v) is 5.34. The van der Waals surface area contributed by atoms with Gasteiger partial charge in [0.05, 0.1) is 0 Å². The van der Waals surface area contributed by atoms with Gasteiger partial charge in [-0.05, 0) is 49.1 Å². The highest BCUT2D eigenvalue weighted by Crippen LogP contribution is 2.25. The van der Waals surface area contributed by atoms with Crippen molar-refractivity contribution >= 4 is 17.5 Å². The molecule has 1 nitrogen and oxygen atoms in total. The Morgan fingerprint density at radius 2 is 2.07 bits per heavy atom. The number of hydrogen-bond donors (Lipinski definition) is 0. The van der Waals surface area contributed by atoms with Crippen LogP contribution in [0.3, 0.4) is 0 Å². The minimum atomic E-state index is 0.615. The molecule has 1 unspecified atom stereocenters. The summed E-state index contributed by atoms with van der Waals surface area (Å²) in [6.07, 6.45) is 1.17. The van der Waals surface area contributed by atoms with E-state index in [1.54, 1.807) is 0 Å². The first-order chi connectivity index (χ1) is 7.06. The standard InChI is InChI=1S/C11H15Cl.C2H2O/c1-4-8(2)11-7-10(12)6-5-9(11)3;1-2-3/h5-8H,4H2,1-3H3;1H2. The zero-order valence-electron chi connectivity index (χ0n) is 9.51. The Kier molecular flexibility index (Phi) is 6.77. The largest absolute Gasteiger partial charge is 0.234 e. The summed E-state index contributed by atoms with van der Waals surface area (Å²) in [6.45, 7) is 9.25. The second-order valence-electron chi connectivity index (χ2n) is 3.45. The molecule has 1 aromatic carbocycles. The highest BCUT2D eigenvalue weighted by molar-refractivity contribution is 6.30. The van der Waals surface area contributed by atoms with Crippen molar-refractivity contribution in [1.29, 1.82) is 0 Å². The molecule has 82 valence electrons. The van der Waals surface area contributed by atoms with Crippen LogP contribution in [-0.2, 0) is 4.79 Å². The Labute approximate surface area is 96.8 Å². The van der Waals surface area contributed by atoms with Gasteiger partial charge in [0.25, 0.3) is 0 Å². The Bertz CT molecular complexity index is 338. The molecule has 0 saturated heterocycles. The maximum atomic E-state index is 8.57. The fourth-order valence-electron chi connectivity index (χ4n) is 1.36. The highest BCUT2D eigenvalue weighted by Gasteiger charge is 2.05. The van der Waals surface area contributed by atoms with Crippen molar-refractivity contribution in [3.63, 3.8) is 0 Å². The van der Waals surface area contributed by atoms with Gasteiger partial charge in [0.1, 0.15) is 5.94 Å². The van der Waals surface area contributed by atoms with E-state index in [0.29, 0.717) is 5.92 Å². The van der Waals surface area contributed by atoms with Crippen LogP contribution in [0.1, 0.15) is 37.3 Å². The minimum Gasteiger partial charge on any atom is -0.234 e. The lowest BCUT2D eigenvalue weighted by molar-refractivity contribution is 0.569. The number of halogens is 1. The quantitative estimate of drug-likeness (QED) is 0.690. The summed E-state index contributed by atoms with van der Waals surface area (Å²) in [7, 11) is 0. The fourth-order valence-corrected chi connectivity index (χ4v) is 1.54.